The van der Waals surface area contributed by atoms with E-state index in [-0.39, 0.29) is 6.61 Å². The summed E-state index contributed by atoms with van der Waals surface area (Å²) in [5, 5.41) is 2.62. The molecule has 2 aromatic carbocycles. The lowest BCUT2D eigenvalue weighted by molar-refractivity contribution is -0.149. The minimum Gasteiger partial charge on any atom is -0.497 e. The lowest BCUT2D eigenvalue weighted by Crippen LogP contribution is -2.24. The monoisotopic (exact) mass is 373 g/mol. The van der Waals surface area contributed by atoms with E-state index in [4.69, 9.17) is 18.9 Å². The van der Waals surface area contributed by atoms with Crippen LogP contribution in [0.15, 0.2) is 36.4 Å². The summed E-state index contributed by atoms with van der Waals surface area (Å²) in [6.07, 6.45) is 0. The standard InChI is InChI=1S/C20H23NO6/c1-13-5-7-17(14(2)9-13)26-12-20(23)27-11-19(22)21-16-10-15(24-3)6-8-18(16)25-4/h5-10H,11-12H2,1-4H3,(H,21,22). The quantitative estimate of drug-likeness (QED) is 0.717. The van der Waals surface area contributed by atoms with Crippen LogP contribution in [0.25, 0.3) is 0 Å². The van der Waals surface area contributed by atoms with Crippen molar-refractivity contribution in [3.8, 4) is 17.2 Å². The number of benzene rings is 2. The molecule has 0 saturated carbocycles. The highest BCUT2D eigenvalue weighted by Crippen LogP contribution is 2.28. The van der Waals surface area contributed by atoms with E-state index in [1.807, 2.05) is 26.0 Å². The van der Waals surface area contributed by atoms with E-state index in [0.29, 0.717) is 22.9 Å². The smallest absolute Gasteiger partial charge is 0.344 e. The molecule has 0 unspecified atom stereocenters. The van der Waals surface area contributed by atoms with Crippen molar-refractivity contribution in [1.82, 2.24) is 0 Å². The summed E-state index contributed by atoms with van der Waals surface area (Å²) in [6.45, 7) is 3.15. The minimum atomic E-state index is -0.636. The van der Waals surface area contributed by atoms with Crippen molar-refractivity contribution in [2.45, 2.75) is 13.8 Å². The van der Waals surface area contributed by atoms with Crippen LogP contribution in [0.2, 0.25) is 0 Å². The number of anilines is 1. The summed E-state index contributed by atoms with van der Waals surface area (Å²) in [7, 11) is 3.01. The first-order valence-electron chi connectivity index (χ1n) is 8.30. The van der Waals surface area contributed by atoms with Crippen LogP contribution in [0, 0.1) is 13.8 Å². The molecule has 0 radical (unpaired) electrons. The van der Waals surface area contributed by atoms with Gasteiger partial charge in [0, 0.05) is 6.07 Å². The third-order valence-corrected chi connectivity index (χ3v) is 3.72. The SMILES string of the molecule is COc1ccc(OC)c(NC(=O)COC(=O)COc2ccc(C)cc2C)c1. The fourth-order valence-corrected chi connectivity index (χ4v) is 2.38. The number of carbonyl (C=O) groups is 2. The van der Waals surface area contributed by atoms with Crippen LogP contribution in [0.1, 0.15) is 11.1 Å². The van der Waals surface area contributed by atoms with Gasteiger partial charge in [0.15, 0.2) is 13.2 Å². The van der Waals surface area contributed by atoms with Gasteiger partial charge in [0.25, 0.3) is 5.91 Å². The van der Waals surface area contributed by atoms with Crippen molar-refractivity contribution in [2.24, 2.45) is 0 Å². The Labute approximate surface area is 158 Å². The van der Waals surface area contributed by atoms with Crippen molar-refractivity contribution in [1.29, 1.82) is 0 Å². The van der Waals surface area contributed by atoms with Gasteiger partial charge in [-0.05, 0) is 37.6 Å². The molecular formula is C20H23NO6. The zero-order chi connectivity index (χ0) is 19.8. The molecular weight excluding hydrogens is 350 g/mol. The number of ether oxygens (including phenoxy) is 4. The second-order valence-corrected chi connectivity index (χ2v) is 5.83. The summed E-state index contributed by atoms with van der Waals surface area (Å²) in [6, 6.07) is 10.6. The molecule has 2 rings (SSSR count). The molecule has 0 aliphatic rings. The van der Waals surface area contributed by atoms with E-state index >= 15 is 0 Å². The lowest BCUT2D eigenvalue weighted by atomic mass is 10.1. The number of aryl methyl sites for hydroxylation is 2. The van der Waals surface area contributed by atoms with Crippen molar-refractivity contribution >= 4 is 17.6 Å². The second kappa shape index (κ2) is 9.47. The molecule has 0 saturated heterocycles. The number of esters is 1. The van der Waals surface area contributed by atoms with Gasteiger partial charge in [-0.25, -0.2) is 4.79 Å². The molecule has 0 spiro atoms. The number of hydrogen-bond acceptors (Lipinski definition) is 6. The Kier molecular flexibility index (Phi) is 7.05. The van der Waals surface area contributed by atoms with Gasteiger partial charge >= 0.3 is 5.97 Å². The topological polar surface area (TPSA) is 83.1 Å². The van der Waals surface area contributed by atoms with Gasteiger partial charge in [0.2, 0.25) is 0 Å². The summed E-state index contributed by atoms with van der Waals surface area (Å²) in [5.41, 5.74) is 2.45. The highest BCUT2D eigenvalue weighted by atomic mass is 16.6. The summed E-state index contributed by atoms with van der Waals surface area (Å²) >= 11 is 0. The van der Waals surface area contributed by atoms with Crippen LogP contribution >= 0.6 is 0 Å². The van der Waals surface area contributed by atoms with Gasteiger partial charge in [-0.2, -0.15) is 0 Å². The Hall–Kier alpha value is -3.22. The van der Waals surface area contributed by atoms with E-state index in [1.165, 1.54) is 14.2 Å². The van der Waals surface area contributed by atoms with Gasteiger partial charge in [-0.15, -0.1) is 0 Å². The van der Waals surface area contributed by atoms with E-state index in [0.717, 1.165) is 11.1 Å². The number of methoxy groups -OCH3 is 2. The minimum absolute atomic E-state index is 0.278. The largest absolute Gasteiger partial charge is 0.497 e. The fraction of sp³-hybridized carbons (Fsp3) is 0.300. The Morgan fingerprint density at radius 2 is 1.67 bits per heavy atom. The van der Waals surface area contributed by atoms with E-state index in [2.05, 4.69) is 5.32 Å². The maximum Gasteiger partial charge on any atom is 0.344 e. The first-order valence-corrected chi connectivity index (χ1v) is 8.30. The van der Waals surface area contributed by atoms with E-state index in [9.17, 15) is 9.59 Å². The first-order chi connectivity index (χ1) is 12.9. The maximum atomic E-state index is 12.0. The van der Waals surface area contributed by atoms with Gasteiger partial charge in [0.05, 0.1) is 19.9 Å². The van der Waals surface area contributed by atoms with Crippen molar-refractivity contribution < 1.29 is 28.5 Å². The number of rotatable bonds is 8. The number of hydrogen-bond donors (Lipinski definition) is 1. The lowest BCUT2D eigenvalue weighted by Gasteiger charge is -2.12. The molecule has 0 aromatic heterocycles. The van der Waals surface area contributed by atoms with Crippen LogP contribution < -0.4 is 19.5 Å². The van der Waals surface area contributed by atoms with Crippen molar-refractivity contribution in [3.05, 3.63) is 47.5 Å². The van der Waals surface area contributed by atoms with Gasteiger partial charge in [-0.1, -0.05) is 17.7 Å². The molecule has 7 nitrogen and oxygen atoms in total. The number of amides is 1. The highest BCUT2D eigenvalue weighted by molar-refractivity contribution is 5.94. The Morgan fingerprint density at radius 1 is 0.926 bits per heavy atom. The predicted octanol–water partition coefficient (Wildman–Crippen LogP) is 2.88. The zero-order valence-corrected chi connectivity index (χ0v) is 15.8. The van der Waals surface area contributed by atoms with Crippen LogP contribution in [-0.2, 0) is 14.3 Å². The molecule has 144 valence electrons. The molecule has 2 aromatic rings. The van der Waals surface area contributed by atoms with Crippen molar-refractivity contribution in [3.63, 3.8) is 0 Å². The third kappa shape index (κ3) is 5.91. The molecule has 7 heteroatoms. The van der Waals surface area contributed by atoms with E-state index < -0.39 is 18.5 Å². The van der Waals surface area contributed by atoms with Gasteiger partial charge < -0.3 is 24.3 Å². The van der Waals surface area contributed by atoms with Gasteiger partial charge in [-0.3, -0.25) is 4.79 Å². The molecule has 0 bridgehead atoms. The molecule has 0 atom stereocenters. The Morgan fingerprint density at radius 3 is 2.33 bits per heavy atom. The normalized spacial score (nSPS) is 10.1. The molecule has 0 heterocycles. The summed E-state index contributed by atoms with van der Waals surface area (Å²) in [5.74, 6) is 0.492. The zero-order valence-electron chi connectivity index (χ0n) is 15.8. The van der Waals surface area contributed by atoms with Crippen LogP contribution in [0.3, 0.4) is 0 Å². The summed E-state index contributed by atoms with van der Waals surface area (Å²) < 4.78 is 20.7. The highest BCUT2D eigenvalue weighted by Gasteiger charge is 2.12. The average molecular weight is 373 g/mol. The number of nitrogens with one attached hydrogen (secondary N) is 1. The van der Waals surface area contributed by atoms with Gasteiger partial charge in [0.1, 0.15) is 17.2 Å². The maximum absolute atomic E-state index is 12.0. The molecule has 0 aliphatic heterocycles. The molecule has 1 amide bonds. The second-order valence-electron chi connectivity index (χ2n) is 5.83. The molecule has 1 N–H and O–H groups in total. The molecule has 0 aliphatic carbocycles. The fourth-order valence-electron chi connectivity index (χ4n) is 2.38. The van der Waals surface area contributed by atoms with Crippen LogP contribution in [0.5, 0.6) is 17.2 Å². The van der Waals surface area contributed by atoms with Crippen molar-refractivity contribution in [2.75, 3.05) is 32.8 Å². The molecule has 0 fully saturated rings. The molecule has 27 heavy (non-hydrogen) atoms. The summed E-state index contributed by atoms with van der Waals surface area (Å²) in [4.78, 5) is 23.8. The third-order valence-electron chi connectivity index (χ3n) is 3.72. The predicted molar refractivity (Wildman–Crippen MR) is 101 cm³/mol. The Balaban J connectivity index is 1.83. The van der Waals surface area contributed by atoms with Crippen LogP contribution in [0.4, 0.5) is 5.69 Å². The Bertz CT molecular complexity index is 818. The van der Waals surface area contributed by atoms with Crippen LogP contribution in [-0.4, -0.2) is 39.3 Å². The average Bonchev–Trinajstić information content (AvgIpc) is 2.65. The number of carbonyl (C=O) groups excluding carboxylic acids is 2. The van der Waals surface area contributed by atoms with E-state index in [1.54, 1.807) is 24.3 Å². The first kappa shape index (κ1) is 20.1.